The number of amides is 1. The van der Waals surface area contributed by atoms with E-state index < -0.39 is 80.1 Å². The number of ether oxygens (including phenoxy) is 1. The Morgan fingerprint density at radius 1 is 0.933 bits per heavy atom. The minimum Gasteiger partial charge on any atom is -0.448 e. The summed E-state index contributed by atoms with van der Waals surface area (Å²) < 4.78 is 63.0. The second-order valence-corrected chi connectivity index (χ2v) is 19.9. The lowest BCUT2D eigenvalue weighted by Gasteiger charge is -2.62. The zero-order valence-corrected chi connectivity index (χ0v) is 34.8. The van der Waals surface area contributed by atoms with E-state index in [1.165, 1.54) is 42.5 Å². The number of allylic oxidation sites excluding steroid dienone is 4. The summed E-state index contributed by atoms with van der Waals surface area (Å²) in [6.45, 7) is 3.66. The number of anilines is 1. The molecule has 3 aromatic rings. The van der Waals surface area contributed by atoms with Gasteiger partial charge in [0.2, 0.25) is 0 Å². The molecule has 3 aromatic carbocycles. The molecule has 0 spiro atoms. The number of alkyl halides is 1. The van der Waals surface area contributed by atoms with Crippen molar-refractivity contribution in [2.24, 2.45) is 28.6 Å². The number of phosphoric acid groups is 2. The van der Waals surface area contributed by atoms with Crippen molar-refractivity contribution >= 4 is 39.0 Å². The van der Waals surface area contributed by atoms with E-state index in [4.69, 9.17) is 13.8 Å². The maximum absolute atomic E-state index is 17.5. The van der Waals surface area contributed by atoms with E-state index in [-0.39, 0.29) is 49.0 Å². The predicted octanol–water partition coefficient (Wildman–Crippen LogP) is 7.58. The molecule has 17 heteroatoms. The van der Waals surface area contributed by atoms with Gasteiger partial charge in [-0.15, -0.1) is 0 Å². The maximum atomic E-state index is 17.5. The Labute approximate surface area is 345 Å². The topological polar surface area (TPSA) is 215 Å². The van der Waals surface area contributed by atoms with Crippen LogP contribution in [0.25, 0.3) is 11.1 Å². The molecule has 0 bridgehead atoms. The molecule has 318 valence electrons. The van der Waals surface area contributed by atoms with Crippen molar-refractivity contribution in [2.75, 3.05) is 18.5 Å². The number of hydrogen-bond donors (Lipinski definition) is 5. The quantitative estimate of drug-likeness (QED) is 0.118. The number of fused-ring (bicyclic) bond motifs is 8. The monoisotopic (exact) mass is 865 g/mol. The molecule has 14 nitrogen and oxygen atoms in total. The van der Waals surface area contributed by atoms with Gasteiger partial charge in [0.05, 0.1) is 6.10 Å². The molecular formula is C43H46FNO13P2. The molecule has 0 heterocycles. The van der Waals surface area contributed by atoms with Crippen LogP contribution in [0.4, 0.5) is 14.9 Å². The van der Waals surface area contributed by atoms with Gasteiger partial charge in [0.15, 0.2) is 17.2 Å². The lowest BCUT2D eigenvalue weighted by atomic mass is 9.44. The minimum atomic E-state index is -5.51. The van der Waals surface area contributed by atoms with Crippen molar-refractivity contribution < 1.29 is 66.0 Å². The highest BCUT2D eigenvalue weighted by atomic mass is 31.3. The Kier molecular flexibility index (Phi) is 10.6. The van der Waals surface area contributed by atoms with Gasteiger partial charge in [-0.1, -0.05) is 74.0 Å². The smallest absolute Gasteiger partial charge is 0.448 e. The first-order valence-electron chi connectivity index (χ1n) is 19.7. The number of hydrogen-bond acceptors (Lipinski definition) is 11. The molecule has 1 amide bonds. The van der Waals surface area contributed by atoms with E-state index in [1.54, 1.807) is 20.8 Å². The van der Waals surface area contributed by atoms with Crippen LogP contribution in [0.1, 0.15) is 63.5 Å². The lowest BCUT2D eigenvalue weighted by Crippen LogP contribution is -2.69. The zero-order chi connectivity index (χ0) is 43.0. The summed E-state index contributed by atoms with van der Waals surface area (Å²) >= 11 is 0. The summed E-state index contributed by atoms with van der Waals surface area (Å²) in [6, 6.07) is 20.8. The fourth-order valence-electron chi connectivity index (χ4n) is 11.0. The summed E-state index contributed by atoms with van der Waals surface area (Å²) in [6.07, 6.45) is 2.28. The Morgan fingerprint density at radius 3 is 2.22 bits per heavy atom. The van der Waals surface area contributed by atoms with Crippen molar-refractivity contribution in [1.82, 2.24) is 0 Å². The van der Waals surface area contributed by atoms with Gasteiger partial charge < -0.3 is 24.4 Å². The Morgan fingerprint density at radius 2 is 1.57 bits per heavy atom. The van der Waals surface area contributed by atoms with E-state index in [0.29, 0.717) is 12.0 Å². The predicted molar refractivity (Wildman–Crippen MR) is 215 cm³/mol. The lowest BCUT2D eigenvalue weighted by molar-refractivity contribution is -0.219. The third-order valence-electron chi connectivity index (χ3n) is 13.9. The first-order valence-corrected chi connectivity index (χ1v) is 22.7. The number of Topliss-reactive ketones (excluding diaryl/α,β-unsaturated/α-hetero) is 1. The highest BCUT2D eigenvalue weighted by Gasteiger charge is 2.75. The molecule has 3 saturated carbocycles. The highest BCUT2D eigenvalue weighted by Crippen LogP contribution is 2.71. The molecular weight excluding hydrogens is 819 g/mol. The zero-order valence-electron chi connectivity index (χ0n) is 33.0. The van der Waals surface area contributed by atoms with E-state index in [1.807, 2.05) is 48.5 Å². The average Bonchev–Trinajstić information content (AvgIpc) is 3.62. The maximum Gasteiger partial charge on any atom is 0.536 e. The van der Waals surface area contributed by atoms with Crippen LogP contribution in [-0.2, 0) is 32.3 Å². The first-order chi connectivity index (χ1) is 28.2. The first kappa shape index (κ1) is 42.4. The van der Waals surface area contributed by atoms with Crippen LogP contribution in [0.3, 0.4) is 0 Å². The van der Waals surface area contributed by atoms with Crippen LogP contribution in [0.5, 0.6) is 5.75 Å². The normalized spacial score (nSPS) is 33.5. The van der Waals surface area contributed by atoms with E-state index in [2.05, 4.69) is 9.63 Å². The van der Waals surface area contributed by atoms with Crippen LogP contribution < -0.4 is 9.84 Å². The van der Waals surface area contributed by atoms with Crippen LogP contribution in [0.2, 0.25) is 0 Å². The Bertz CT molecular complexity index is 2380. The summed E-state index contributed by atoms with van der Waals surface area (Å²) in [5, 5.41) is 26.3. The van der Waals surface area contributed by atoms with Gasteiger partial charge in [-0.3, -0.25) is 24.3 Å². The fourth-order valence-corrected chi connectivity index (χ4v) is 13.1. The van der Waals surface area contributed by atoms with Crippen LogP contribution in [0.15, 0.2) is 96.6 Å². The molecule has 10 atom stereocenters. The third-order valence-corrected chi connectivity index (χ3v) is 16.4. The number of rotatable bonds is 11. The van der Waals surface area contributed by atoms with Crippen molar-refractivity contribution in [3.05, 3.63) is 108 Å². The van der Waals surface area contributed by atoms with Crippen molar-refractivity contribution in [3.63, 3.8) is 0 Å². The average molecular weight is 866 g/mol. The molecule has 5 N–H and O–H groups in total. The van der Waals surface area contributed by atoms with Gasteiger partial charge in [-0.2, -0.15) is 4.31 Å². The molecule has 5 aliphatic rings. The van der Waals surface area contributed by atoms with Crippen LogP contribution >= 0.6 is 15.6 Å². The van der Waals surface area contributed by atoms with Gasteiger partial charge in [-0.25, -0.2) is 18.3 Å². The van der Waals surface area contributed by atoms with Gasteiger partial charge in [0, 0.05) is 28.4 Å². The Hall–Kier alpha value is -4.30. The molecule has 3 fully saturated rings. The second kappa shape index (κ2) is 15.0. The number of nitrogens with one attached hydrogen (secondary N) is 1. The van der Waals surface area contributed by atoms with Gasteiger partial charge in [0.1, 0.15) is 24.6 Å². The number of phosphoric ester groups is 2. The summed E-state index contributed by atoms with van der Waals surface area (Å²) in [4.78, 5) is 59.5. The highest BCUT2D eigenvalue weighted by molar-refractivity contribution is 7.61. The number of carbonyl (C=O) groups is 3. The van der Waals surface area contributed by atoms with E-state index in [9.17, 15) is 43.5 Å². The molecule has 0 aromatic heterocycles. The standard InChI is InChI=1S/C43H46FNO13P2/c1-25-20-36-35-17-12-26-21-28(46)18-19-40(26,2)42(35,44)37(47)22-41(36,3)43(25,50)38(48)24-56-59(51,52)58-60(53,54)57-29-15-13-27(14-16-29)45-39(49)55-23-34-32-10-6-4-8-30(32)31-9-5-7-11-33(31)34/h4-11,13-16,18-19,21,25,34-37,47,50H,12,17,20,22-24H2,1-3H3,(H,45,49)(H,51,52)(H,53,54). The molecule has 10 unspecified atom stereocenters. The fraction of sp³-hybridized carbons (Fsp3) is 0.419. The largest absolute Gasteiger partial charge is 0.536 e. The Balaban J connectivity index is 0.864. The van der Waals surface area contributed by atoms with Crippen LogP contribution in [-0.4, -0.2) is 68.2 Å². The third kappa shape index (κ3) is 6.84. The number of aliphatic hydroxyl groups is 2. The molecule has 0 saturated heterocycles. The summed E-state index contributed by atoms with van der Waals surface area (Å²) in [7, 11) is -10.9. The van der Waals surface area contributed by atoms with Crippen molar-refractivity contribution in [3.8, 4) is 16.9 Å². The number of halogens is 1. The van der Waals surface area contributed by atoms with E-state index in [0.717, 1.165) is 22.3 Å². The second-order valence-electron chi connectivity index (χ2n) is 16.9. The van der Waals surface area contributed by atoms with Crippen molar-refractivity contribution in [2.45, 2.75) is 69.7 Å². The van der Waals surface area contributed by atoms with Gasteiger partial charge >= 0.3 is 21.7 Å². The SMILES string of the molecule is CC1CC2C3CCC4=CC(=O)C=CC4(C)C3(F)C(O)CC2(C)C1(O)C(=O)COP(=O)(O)OP(=O)(O)Oc1ccc(NC(=O)OCC2c3ccccc3-c3ccccc32)cc1. The molecule has 0 aliphatic heterocycles. The number of benzene rings is 3. The molecule has 0 radical (unpaired) electrons. The van der Waals surface area contributed by atoms with Gasteiger partial charge in [-0.05, 0) is 103 Å². The molecule has 8 rings (SSSR count). The van der Waals surface area contributed by atoms with Crippen LogP contribution in [0, 0.1) is 28.6 Å². The van der Waals surface area contributed by atoms with Gasteiger partial charge in [0.25, 0.3) is 0 Å². The summed E-state index contributed by atoms with van der Waals surface area (Å²) in [5.74, 6) is -4.00. The number of aliphatic hydroxyl groups excluding tert-OH is 1. The molecule has 5 aliphatic carbocycles. The number of carbonyl (C=O) groups excluding carboxylic acids is 3. The minimum absolute atomic E-state index is 0.0730. The van der Waals surface area contributed by atoms with E-state index >= 15 is 4.39 Å². The molecule has 60 heavy (non-hydrogen) atoms. The van der Waals surface area contributed by atoms with Crippen molar-refractivity contribution in [1.29, 1.82) is 0 Å². The number of ketones is 2. The summed E-state index contributed by atoms with van der Waals surface area (Å²) in [5.41, 5.74) is -2.11.